The molecule has 0 aliphatic rings. The highest BCUT2D eigenvalue weighted by Crippen LogP contribution is 2.23. The van der Waals surface area contributed by atoms with Gasteiger partial charge in [-0.3, -0.25) is 4.79 Å². The van der Waals surface area contributed by atoms with E-state index in [9.17, 15) is 4.79 Å². The summed E-state index contributed by atoms with van der Waals surface area (Å²) < 4.78 is 5.48. The Morgan fingerprint density at radius 2 is 2.24 bits per heavy atom. The van der Waals surface area contributed by atoms with Crippen molar-refractivity contribution >= 4 is 17.2 Å². The van der Waals surface area contributed by atoms with Gasteiger partial charge in [0.05, 0.1) is 5.01 Å². The fourth-order valence-electron chi connectivity index (χ4n) is 1.41. The number of aryl methyl sites for hydroxylation is 1. The molecule has 0 spiro atoms. The average Bonchev–Trinajstić information content (AvgIpc) is 2.84. The number of aromatic nitrogens is 1. The topological polar surface area (TPSA) is 55.1 Å². The predicted molar refractivity (Wildman–Crippen MR) is 67.2 cm³/mol. The van der Waals surface area contributed by atoms with Gasteiger partial charge in [0.15, 0.2) is 11.5 Å². The fraction of sp³-hybridized carbons (Fsp3) is 0.333. The van der Waals surface area contributed by atoms with Crippen LogP contribution in [0.2, 0.25) is 0 Å². The Labute approximate surface area is 104 Å². The molecular formula is C12H14N2O2S. The minimum absolute atomic E-state index is 0.0950. The van der Waals surface area contributed by atoms with Crippen molar-refractivity contribution in [3.63, 3.8) is 0 Å². The van der Waals surface area contributed by atoms with Crippen molar-refractivity contribution in [2.45, 2.75) is 26.8 Å². The minimum Gasteiger partial charge on any atom is -0.449 e. The monoisotopic (exact) mass is 250 g/mol. The third-order valence-electron chi connectivity index (χ3n) is 2.12. The molecule has 5 heteroatoms. The molecule has 2 rings (SSSR count). The lowest BCUT2D eigenvalue weighted by atomic mass is 10.3. The maximum absolute atomic E-state index is 11.7. The van der Waals surface area contributed by atoms with E-state index < -0.39 is 0 Å². The van der Waals surface area contributed by atoms with Gasteiger partial charge in [0.2, 0.25) is 0 Å². The fourth-order valence-corrected chi connectivity index (χ4v) is 2.01. The van der Waals surface area contributed by atoms with Crippen LogP contribution in [-0.4, -0.2) is 16.9 Å². The third kappa shape index (κ3) is 2.74. The number of hydrogen-bond donors (Lipinski definition) is 1. The normalized spacial score (nSPS) is 10.8. The second-order valence-corrected chi connectivity index (χ2v) is 5.11. The molecule has 0 aromatic carbocycles. The van der Waals surface area contributed by atoms with Gasteiger partial charge in [0.1, 0.15) is 5.69 Å². The number of nitrogens with one attached hydrogen (secondary N) is 1. The van der Waals surface area contributed by atoms with Crippen molar-refractivity contribution in [2.75, 3.05) is 0 Å². The van der Waals surface area contributed by atoms with Gasteiger partial charge in [-0.1, -0.05) is 0 Å². The summed E-state index contributed by atoms with van der Waals surface area (Å²) in [6.07, 6.45) is 0. The Hall–Kier alpha value is -1.62. The van der Waals surface area contributed by atoms with E-state index in [1.807, 2.05) is 26.2 Å². The number of nitrogens with zero attached hydrogens (tertiary/aromatic N) is 1. The van der Waals surface area contributed by atoms with Crippen molar-refractivity contribution in [2.24, 2.45) is 0 Å². The van der Waals surface area contributed by atoms with Gasteiger partial charge in [-0.15, -0.1) is 11.3 Å². The molecule has 0 bridgehead atoms. The van der Waals surface area contributed by atoms with E-state index >= 15 is 0 Å². The smallest absolute Gasteiger partial charge is 0.287 e. The van der Waals surface area contributed by atoms with Crippen molar-refractivity contribution < 1.29 is 9.21 Å². The average molecular weight is 250 g/mol. The number of carbonyl (C=O) groups is 1. The molecule has 90 valence electrons. The Balaban J connectivity index is 2.19. The zero-order valence-electron chi connectivity index (χ0n) is 9.98. The SMILES string of the molecule is Cc1nc(-c2ccc(C(=O)NC(C)C)o2)cs1. The van der Waals surface area contributed by atoms with Crippen LogP contribution in [0.25, 0.3) is 11.5 Å². The van der Waals surface area contributed by atoms with E-state index in [0.717, 1.165) is 10.7 Å². The summed E-state index contributed by atoms with van der Waals surface area (Å²) >= 11 is 1.56. The Morgan fingerprint density at radius 3 is 2.82 bits per heavy atom. The number of rotatable bonds is 3. The minimum atomic E-state index is -0.196. The van der Waals surface area contributed by atoms with Gasteiger partial charge in [0, 0.05) is 11.4 Å². The number of thiazole rings is 1. The molecule has 17 heavy (non-hydrogen) atoms. The summed E-state index contributed by atoms with van der Waals surface area (Å²) in [5.74, 6) is 0.751. The van der Waals surface area contributed by atoms with E-state index in [1.165, 1.54) is 0 Å². The summed E-state index contributed by atoms with van der Waals surface area (Å²) in [6, 6.07) is 3.53. The Morgan fingerprint density at radius 1 is 1.47 bits per heavy atom. The molecule has 0 aliphatic carbocycles. The standard InChI is InChI=1S/C12H14N2O2S/c1-7(2)13-12(15)11-5-4-10(16-11)9-6-17-8(3)14-9/h4-7H,1-3H3,(H,13,15). The molecule has 0 aliphatic heterocycles. The molecule has 1 amide bonds. The summed E-state index contributed by atoms with van der Waals surface area (Å²) in [7, 11) is 0. The Bertz CT molecular complexity index is 528. The van der Waals surface area contributed by atoms with E-state index in [4.69, 9.17) is 4.42 Å². The number of amides is 1. The quantitative estimate of drug-likeness (QED) is 0.911. The first-order chi connectivity index (χ1) is 8.06. The van der Waals surface area contributed by atoms with Gasteiger partial charge in [-0.25, -0.2) is 4.98 Å². The summed E-state index contributed by atoms with van der Waals surface area (Å²) in [5, 5.41) is 5.67. The molecule has 0 saturated carbocycles. The number of furan rings is 1. The molecule has 0 unspecified atom stereocenters. The first-order valence-corrected chi connectivity index (χ1v) is 6.27. The zero-order valence-corrected chi connectivity index (χ0v) is 10.8. The molecule has 4 nitrogen and oxygen atoms in total. The van der Waals surface area contributed by atoms with Gasteiger partial charge < -0.3 is 9.73 Å². The summed E-state index contributed by atoms with van der Waals surface area (Å²) in [5.41, 5.74) is 0.774. The van der Waals surface area contributed by atoms with Crippen LogP contribution in [0.1, 0.15) is 29.4 Å². The lowest BCUT2D eigenvalue weighted by molar-refractivity contribution is 0.0916. The van der Waals surface area contributed by atoms with Crippen LogP contribution in [0, 0.1) is 6.92 Å². The van der Waals surface area contributed by atoms with Gasteiger partial charge in [-0.2, -0.15) is 0 Å². The first kappa shape index (κ1) is 11.9. The summed E-state index contributed by atoms with van der Waals surface area (Å²) in [6.45, 7) is 5.75. The zero-order chi connectivity index (χ0) is 12.4. The van der Waals surface area contributed by atoms with Crippen LogP contribution < -0.4 is 5.32 Å². The molecular weight excluding hydrogens is 236 g/mol. The molecule has 2 heterocycles. The van der Waals surface area contributed by atoms with E-state index in [2.05, 4.69) is 10.3 Å². The highest BCUT2D eigenvalue weighted by Gasteiger charge is 2.14. The molecule has 2 aromatic heterocycles. The van der Waals surface area contributed by atoms with Crippen LogP contribution in [-0.2, 0) is 0 Å². The lowest BCUT2D eigenvalue weighted by Gasteiger charge is -2.05. The number of hydrogen-bond acceptors (Lipinski definition) is 4. The third-order valence-corrected chi connectivity index (χ3v) is 2.89. The van der Waals surface area contributed by atoms with Crippen molar-refractivity contribution in [1.29, 1.82) is 0 Å². The molecule has 0 saturated heterocycles. The van der Waals surface area contributed by atoms with Crippen LogP contribution in [0.15, 0.2) is 21.9 Å². The van der Waals surface area contributed by atoms with E-state index in [-0.39, 0.29) is 11.9 Å². The largest absolute Gasteiger partial charge is 0.449 e. The summed E-state index contributed by atoms with van der Waals surface area (Å²) in [4.78, 5) is 16.0. The molecule has 2 aromatic rings. The highest BCUT2D eigenvalue weighted by molar-refractivity contribution is 7.09. The first-order valence-electron chi connectivity index (χ1n) is 5.39. The van der Waals surface area contributed by atoms with Gasteiger partial charge in [-0.05, 0) is 32.9 Å². The molecule has 0 atom stereocenters. The van der Waals surface area contributed by atoms with Gasteiger partial charge >= 0.3 is 0 Å². The highest BCUT2D eigenvalue weighted by atomic mass is 32.1. The van der Waals surface area contributed by atoms with Gasteiger partial charge in [0.25, 0.3) is 5.91 Å². The van der Waals surface area contributed by atoms with Crippen LogP contribution in [0.3, 0.4) is 0 Å². The van der Waals surface area contributed by atoms with E-state index in [0.29, 0.717) is 11.5 Å². The second-order valence-electron chi connectivity index (χ2n) is 4.04. The Kier molecular flexibility index (Phi) is 3.28. The van der Waals surface area contributed by atoms with Crippen molar-refractivity contribution in [1.82, 2.24) is 10.3 Å². The van der Waals surface area contributed by atoms with Crippen LogP contribution in [0.5, 0.6) is 0 Å². The lowest BCUT2D eigenvalue weighted by Crippen LogP contribution is -2.29. The molecule has 1 N–H and O–H groups in total. The van der Waals surface area contributed by atoms with Crippen LogP contribution >= 0.6 is 11.3 Å². The predicted octanol–water partition coefficient (Wildman–Crippen LogP) is 2.85. The maximum Gasteiger partial charge on any atom is 0.287 e. The number of carbonyl (C=O) groups excluding carboxylic acids is 1. The van der Waals surface area contributed by atoms with Crippen molar-refractivity contribution in [3.05, 3.63) is 28.3 Å². The van der Waals surface area contributed by atoms with Crippen molar-refractivity contribution in [3.8, 4) is 11.5 Å². The van der Waals surface area contributed by atoms with E-state index in [1.54, 1.807) is 23.5 Å². The second kappa shape index (κ2) is 4.71. The molecule has 0 fully saturated rings. The molecule has 0 radical (unpaired) electrons. The maximum atomic E-state index is 11.7. The van der Waals surface area contributed by atoms with Crippen LogP contribution in [0.4, 0.5) is 0 Å².